The summed E-state index contributed by atoms with van der Waals surface area (Å²) < 4.78 is 39.6. The molecule has 25 heavy (non-hydrogen) atoms. The molecule has 0 fully saturated rings. The van der Waals surface area contributed by atoms with Crippen LogP contribution in [0.2, 0.25) is 0 Å². The van der Waals surface area contributed by atoms with Crippen molar-refractivity contribution in [1.29, 1.82) is 0 Å². The highest BCUT2D eigenvalue weighted by atomic mass is 19.4. The number of halogens is 3. The van der Waals surface area contributed by atoms with Crippen molar-refractivity contribution >= 4 is 27.9 Å². The molecule has 4 nitrogen and oxygen atoms in total. The van der Waals surface area contributed by atoms with Crippen LogP contribution in [0.4, 0.5) is 13.2 Å². The third kappa shape index (κ3) is 3.76. The number of alkyl halides is 3. The number of aryl methyl sites for hydroxylation is 1. The monoisotopic (exact) mass is 348 g/mol. The fraction of sp³-hybridized carbons (Fsp3) is 0.500. The van der Waals surface area contributed by atoms with Crippen LogP contribution in [0.5, 0.6) is 0 Å². The van der Waals surface area contributed by atoms with Crippen molar-refractivity contribution in [2.75, 3.05) is 0 Å². The van der Waals surface area contributed by atoms with Crippen LogP contribution in [-0.4, -0.2) is 38.8 Å². The number of carbonyl (C=O) groups is 2. The molecule has 2 N–H and O–H groups in total. The summed E-state index contributed by atoms with van der Waals surface area (Å²) in [5.74, 6) is -0.467. The summed E-state index contributed by atoms with van der Waals surface area (Å²) in [6.45, 7) is 1.48. The zero-order valence-electron chi connectivity index (χ0n) is 13.8. The first-order valence-electron chi connectivity index (χ1n) is 7.84. The predicted molar refractivity (Wildman–Crippen MR) is 87.8 cm³/mol. The molecule has 0 bridgehead atoms. The van der Waals surface area contributed by atoms with E-state index in [2.05, 4.69) is 0 Å². The van der Waals surface area contributed by atoms with Crippen molar-refractivity contribution in [1.82, 2.24) is 4.90 Å². The second-order valence-corrected chi connectivity index (χ2v) is 6.16. The Morgan fingerprint density at radius 3 is 2.60 bits per heavy atom. The summed E-state index contributed by atoms with van der Waals surface area (Å²) in [5.41, 5.74) is 5.34. The number of carbonyl (C=O) groups excluding carboxylic acids is 2. The number of nitrogens with two attached hydrogens (primary N) is 1. The SMILES string of the molecule is [B]C1([B])c2cc(CC)c(C(F)(F)F)cc2CN1C(=O)CCC(N)C=O. The molecule has 0 saturated heterocycles. The molecule has 0 aliphatic carbocycles. The van der Waals surface area contributed by atoms with Gasteiger partial charge < -0.3 is 15.4 Å². The molecule has 1 aromatic carbocycles. The van der Waals surface area contributed by atoms with Gasteiger partial charge in [0.1, 0.15) is 6.29 Å². The lowest BCUT2D eigenvalue weighted by atomic mass is 9.57. The number of benzene rings is 1. The lowest BCUT2D eigenvalue weighted by Gasteiger charge is -2.34. The van der Waals surface area contributed by atoms with Crippen molar-refractivity contribution in [3.8, 4) is 0 Å². The van der Waals surface area contributed by atoms with Crippen LogP contribution in [0.25, 0.3) is 0 Å². The number of amides is 1. The Morgan fingerprint density at radius 1 is 1.44 bits per heavy atom. The van der Waals surface area contributed by atoms with Gasteiger partial charge in [-0.15, -0.1) is 0 Å². The Labute approximate surface area is 146 Å². The van der Waals surface area contributed by atoms with Gasteiger partial charge in [-0.2, -0.15) is 13.2 Å². The van der Waals surface area contributed by atoms with E-state index in [0.717, 1.165) is 11.0 Å². The number of aldehydes is 1. The fourth-order valence-electron chi connectivity index (χ4n) is 2.98. The Bertz CT molecular complexity index is 693. The molecule has 130 valence electrons. The van der Waals surface area contributed by atoms with Gasteiger partial charge in [0.05, 0.1) is 27.3 Å². The van der Waals surface area contributed by atoms with Crippen LogP contribution in [0.15, 0.2) is 12.1 Å². The smallest absolute Gasteiger partial charge is 0.346 e. The van der Waals surface area contributed by atoms with Gasteiger partial charge >= 0.3 is 6.18 Å². The topological polar surface area (TPSA) is 63.4 Å². The van der Waals surface area contributed by atoms with E-state index in [0.29, 0.717) is 11.8 Å². The van der Waals surface area contributed by atoms with Crippen LogP contribution in [-0.2, 0) is 34.1 Å². The minimum Gasteiger partial charge on any atom is -0.346 e. The molecule has 1 unspecified atom stereocenters. The maximum Gasteiger partial charge on any atom is 0.416 e. The van der Waals surface area contributed by atoms with E-state index in [4.69, 9.17) is 21.4 Å². The number of fused-ring (bicyclic) bond motifs is 1. The first kappa shape index (κ1) is 19.6. The minimum atomic E-state index is -4.50. The van der Waals surface area contributed by atoms with Gasteiger partial charge in [0.2, 0.25) is 5.91 Å². The maximum atomic E-state index is 13.2. The van der Waals surface area contributed by atoms with E-state index < -0.39 is 29.0 Å². The van der Waals surface area contributed by atoms with Crippen LogP contribution in [0, 0.1) is 0 Å². The summed E-state index contributed by atoms with van der Waals surface area (Å²) >= 11 is 0. The third-order valence-electron chi connectivity index (χ3n) is 4.39. The molecular weight excluding hydrogens is 331 g/mol. The molecular formula is C16H17B2F3N2O2. The fourth-order valence-corrected chi connectivity index (χ4v) is 2.98. The molecule has 1 heterocycles. The number of rotatable bonds is 5. The lowest BCUT2D eigenvalue weighted by Crippen LogP contribution is -2.46. The van der Waals surface area contributed by atoms with E-state index in [1.165, 1.54) is 6.07 Å². The summed E-state index contributed by atoms with van der Waals surface area (Å²) in [6.07, 6.45) is -3.79. The first-order valence-corrected chi connectivity index (χ1v) is 7.84. The van der Waals surface area contributed by atoms with E-state index >= 15 is 0 Å². The normalized spacial score (nSPS) is 17.2. The van der Waals surface area contributed by atoms with Gasteiger partial charge in [-0.1, -0.05) is 13.0 Å². The van der Waals surface area contributed by atoms with Crippen LogP contribution in [0.3, 0.4) is 0 Å². The number of hydrogen-bond acceptors (Lipinski definition) is 3. The Hall–Kier alpha value is -1.76. The van der Waals surface area contributed by atoms with Crippen molar-refractivity contribution in [2.45, 2.75) is 50.3 Å². The summed E-state index contributed by atoms with van der Waals surface area (Å²) in [7, 11) is 12.1. The molecule has 0 aromatic heterocycles. The zero-order chi connectivity index (χ0) is 19.0. The first-order chi connectivity index (χ1) is 11.5. The van der Waals surface area contributed by atoms with Gasteiger partial charge in [-0.25, -0.2) is 0 Å². The molecule has 0 spiro atoms. The standard InChI is InChI=1S/C16H17B2F3N2O2/c1-2-9-5-12-10(6-13(9)16(19,20)21)7-23(15(12,17)18)14(25)4-3-11(22)8-24/h5-6,8,11H,2-4,7,22H2,1H3. The molecule has 0 saturated carbocycles. The average Bonchev–Trinajstić information content (AvgIpc) is 2.81. The number of hydrogen-bond donors (Lipinski definition) is 1. The Balaban J connectivity index is 2.35. The zero-order valence-corrected chi connectivity index (χ0v) is 13.8. The molecule has 2 rings (SSSR count). The van der Waals surface area contributed by atoms with Gasteiger partial charge in [0.15, 0.2) is 0 Å². The second-order valence-electron chi connectivity index (χ2n) is 6.16. The highest BCUT2D eigenvalue weighted by Crippen LogP contribution is 2.41. The molecule has 1 aliphatic heterocycles. The molecule has 1 atom stereocenters. The van der Waals surface area contributed by atoms with Crippen LogP contribution >= 0.6 is 0 Å². The van der Waals surface area contributed by atoms with E-state index in [1.807, 2.05) is 0 Å². The predicted octanol–water partition coefficient (Wildman–Crippen LogP) is 1.36. The second kappa shape index (κ2) is 6.86. The maximum absolute atomic E-state index is 13.2. The molecule has 1 aliphatic rings. The van der Waals surface area contributed by atoms with Crippen molar-refractivity contribution < 1.29 is 22.8 Å². The van der Waals surface area contributed by atoms with Gasteiger partial charge in [-0.3, -0.25) is 4.79 Å². The molecule has 1 amide bonds. The lowest BCUT2D eigenvalue weighted by molar-refractivity contribution is -0.138. The van der Waals surface area contributed by atoms with Crippen LogP contribution < -0.4 is 5.73 Å². The van der Waals surface area contributed by atoms with Gasteiger partial charge in [0.25, 0.3) is 0 Å². The van der Waals surface area contributed by atoms with Crippen molar-refractivity contribution in [3.05, 3.63) is 34.4 Å². The van der Waals surface area contributed by atoms with Crippen molar-refractivity contribution in [3.63, 3.8) is 0 Å². The highest BCUT2D eigenvalue weighted by molar-refractivity contribution is 6.41. The third-order valence-corrected chi connectivity index (χ3v) is 4.39. The molecule has 4 radical (unpaired) electrons. The molecule has 9 heteroatoms. The summed E-state index contributed by atoms with van der Waals surface area (Å²) in [5, 5.41) is -1.70. The summed E-state index contributed by atoms with van der Waals surface area (Å²) in [4.78, 5) is 24.0. The Kier molecular flexibility index (Phi) is 5.37. The molecule has 1 aromatic rings. The van der Waals surface area contributed by atoms with E-state index in [1.54, 1.807) is 6.92 Å². The Morgan fingerprint density at radius 2 is 2.08 bits per heavy atom. The van der Waals surface area contributed by atoms with E-state index in [9.17, 15) is 22.8 Å². The average molecular weight is 348 g/mol. The van der Waals surface area contributed by atoms with Gasteiger partial charge in [0, 0.05) is 13.0 Å². The van der Waals surface area contributed by atoms with Gasteiger partial charge in [-0.05, 0) is 40.9 Å². The minimum absolute atomic E-state index is 0.0726. The number of nitrogens with zero attached hydrogens (tertiary/aromatic N) is 1. The van der Waals surface area contributed by atoms with Crippen molar-refractivity contribution in [2.24, 2.45) is 5.73 Å². The summed E-state index contributed by atoms with van der Waals surface area (Å²) in [6, 6.07) is 1.54. The van der Waals surface area contributed by atoms with Crippen LogP contribution in [0.1, 0.15) is 42.0 Å². The van der Waals surface area contributed by atoms with E-state index in [-0.39, 0.29) is 36.9 Å². The quantitative estimate of drug-likeness (QED) is 0.646. The largest absolute Gasteiger partial charge is 0.416 e. The highest BCUT2D eigenvalue weighted by Gasteiger charge is 2.42.